The summed E-state index contributed by atoms with van der Waals surface area (Å²) in [5.74, 6) is 1.09. The average Bonchev–Trinajstić information content (AvgIpc) is 3.15. The number of nitrogens with zero attached hydrogens (tertiary/aromatic N) is 4. The highest BCUT2D eigenvalue weighted by Crippen LogP contribution is 2.28. The predicted octanol–water partition coefficient (Wildman–Crippen LogP) is 4.64. The van der Waals surface area contributed by atoms with E-state index < -0.39 is 0 Å². The van der Waals surface area contributed by atoms with E-state index in [1.165, 1.54) is 54.5 Å². The van der Waals surface area contributed by atoms with E-state index in [1.54, 1.807) is 0 Å². The summed E-state index contributed by atoms with van der Waals surface area (Å²) in [6.45, 7) is 12.3. The first-order valence-electron chi connectivity index (χ1n) is 10.8. The predicted molar refractivity (Wildman–Crippen MR) is 117 cm³/mol. The zero-order valence-electron chi connectivity index (χ0n) is 17.3. The van der Waals surface area contributed by atoms with E-state index in [0.29, 0.717) is 0 Å². The zero-order valence-corrected chi connectivity index (χ0v) is 17.3. The Balaban J connectivity index is 1.51. The Labute approximate surface area is 168 Å². The molecule has 2 aromatic carbocycles. The van der Waals surface area contributed by atoms with E-state index in [0.717, 1.165) is 32.0 Å². The number of rotatable bonds is 7. The van der Waals surface area contributed by atoms with Crippen molar-refractivity contribution >= 4 is 10.8 Å². The molecule has 148 valence electrons. The molecular weight excluding hydrogens is 344 g/mol. The molecule has 4 rings (SSSR count). The topological polar surface area (TPSA) is 24.3 Å². The molecule has 1 saturated heterocycles. The summed E-state index contributed by atoms with van der Waals surface area (Å²) in [4.78, 5) is 10.2. The highest BCUT2D eigenvalue weighted by Gasteiger charge is 2.19. The van der Waals surface area contributed by atoms with Gasteiger partial charge in [0.05, 0.1) is 5.69 Å². The second-order valence-electron chi connectivity index (χ2n) is 7.84. The maximum atomic E-state index is 5.07. The van der Waals surface area contributed by atoms with Gasteiger partial charge in [0.25, 0.3) is 0 Å². The Hall–Kier alpha value is -2.17. The van der Waals surface area contributed by atoms with Gasteiger partial charge >= 0.3 is 0 Å². The number of hydrogen-bond donors (Lipinski definition) is 0. The molecule has 0 N–H and O–H groups in total. The first-order valence-corrected chi connectivity index (χ1v) is 10.8. The van der Waals surface area contributed by atoms with E-state index in [-0.39, 0.29) is 0 Å². The minimum Gasteiger partial charge on any atom is -0.331 e. The Bertz CT molecular complexity index is 901. The Morgan fingerprint density at radius 3 is 2.43 bits per heavy atom. The Morgan fingerprint density at radius 1 is 0.893 bits per heavy atom. The van der Waals surface area contributed by atoms with Crippen LogP contribution in [0.5, 0.6) is 0 Å². The molecule has 2 heterocycles. The monoisotopic (exact) mass is 376 g/mol. The van der Waals surface area contributed by atoms with Gasteiger partial charge in [0.1, 0.15) is 5.82 Å². The van der Waals surface area contributed by atoms with Crippen LogP contribution in [-0.4, -0.2) is 52.1 Å². The van der Waals surface area contributed by atoms with E-state index in [4.69, 9.17) is 4.98 Å². The van der Waals surface area contributed by atoms with Crippen LogP contribution in [-0.2, 0) is 13.1 Å². The van der Waals surface area contributed by atoms with Crippen LogP contribution in [0.15, 0.2) is 48.7 Å². The molecule has 0 bridgehead atoms. The molecule has 0 spiro atoms. The van der Waals surface area contributed by atoms with E-state index >= 15 is 0 Å². The fraction of sp³-hybridized carbons (Fsp3) is 0.458. The molecule has 0 amide bonds. The van der Waals surface area contributed by atoms with Crippen LogP contribution in [0.3, 0.4) is 0 Å². The largest absolute Gasteiger partial charge is 0.331 e. The summed E-state index contributed by atoms with van der Waals surface area (Å²) in [7, 11) is 0. The number of aryl methyl sites for hydroxylation is 1. The molecule has 1 fully saturated rings. The molecule has 0 radical (unpaired) electrons. The number of hydrogen-bond acceptors (Lipinski definition) is 3. The molecule has 4 heteroatoms. The van der Waals surface area contributed by atoms with Gasteiger partial charge in [-0.05, 0) is 30.7 Å². The fourth-order valence-corrected chi connectivity index (χ4v) is 4.20. The summed E-state index contributed by atoms with van der Waals surface area (Å²) in [6, 6.07) is 15.1. The van der Waals surface area contributed by atoms with Crippen molar-refractivity contribution in [2.75, 3.05) is 32.7 Å². The maximum Gasteiger partial charge on any atom is 0.140 e. The fourth-order valence-electron chi connectivity index (χ4n) is 4.20. The molecule has 4 nitrogen and oxygen atoms in total. The maximum absolute atomic E-state index is 5.07. The highest BCUT2D eigenvalue weighted by atomic mass is 15.3. The molecule has 3 aromatic rings. The molecule has 28 heavy (non-hydrogen) atoms. The van der Waals surface area contributed by atoms with Gasteiger partial charge in [-0.1, -0.05) is 55.8 Å². The first kappa shape index (κ1) is 19.2. The average molecular weight is 377 g/mol. The lowest BCUT2D eigenvalue weighted by molar-refractivity contribution is 0.125. The molecule has 0 saturated carbocycles. The Morgan fingerprint density at radius 2 is 1.64 bits per heavy atom. The van der Waals surface area contributed by atoms with Gasteiger partial charge in [-0.15, -0.1) is 0 Å². The van der Waals surface area contributed by atoms with Crippen molar-refractivity contribution in [1.29, 1.82) is 0 Å². The van der Waals surface area contributed by atoms with Crippen LogP contribution in [0, 0.1) is 0 Å². The zero-order chi connectivity index (χ0) is 19.3. The quantitative estimate of drug-likeness (QED) is 0.600. The van der Waals surface area contributed by atoms with Crippen LogP contribution in [0.25, 0.3) is 22.2 Å². The van der Waals surface area contributed by atoms with Crippen molar-refractivity contribution < 1.29 is 0 Å². The van der Waals surface area contributed by atoms with Crippen LogP contribution < -0.4 is 0 Å². The number of benzene rings is 2. The summed E-state index contributed by atoms with van der Waals surface area (Å²) in [6.07, 6.45) is 4.85. The molecule has 1 aromatic heterocycles. The summed E-state index contributed by atoms with van der Waals surface area (Å²) in [5, 5.41) is 2.55. The summed E-state index contributed by atoms with van der Waals surface area (Å²) < 4.78 is 2.30. The molecule has 1 aliphatic heterocycles. The molecule has 1 aliphatic rings. The van der Waals surface area contributed by atoms with Crippen LogP contribution >= 0.6 is 0 Å². The third-order valence-electron chi connectivity index (χ3n) is 5.88. The lowest BCUT2D eigenvalue weighted by Gasteiger charge is -2.34. The van der Waals surface area contributed by atoms with Gasteiger partial charge in [-0.25, -0.2) is 4.98 Å². The third kappa shape index (κ3) is 4.13. The third-order valence-corrected chi connectivity index (χ3v) is 5.88. The van der Waals surface area contributed by atoms with Crippen molar-refractivity contribution in [3.05, 3.63) is 54.4 Å². The lowest BCUT2D eigenvalue weighted by atomic mass is 10.0. The molecular formula is C24H32N4. The SMILES string of the molecule is CCCCN1CCN(Cc2cn(CC)c(-c3cccc4ccccc34)n2)CC1. The summed E-state index contributed by atoms with van der Waals surface area (Å²) in [5.41, 5.74) is 2.42. The normalized spacial score (nSPS) is 16.1. The van der Waals surface area contributed by atoms with Crippen molar-refractivity contribution in [2.45, 2.75) is 39.8 Å². The van der Waals surface area contributed by atoms with E-state index in [2.05, 4.69) is 76.9 Å². The molecule has 0 aliphatic carbocycles. The van der Waals surface area contributed by atoms with Crippen molar-refractivity contribution in [3.8, 4) is 11.4 Å². The first-order chi connectivity index (χ1) is 13.8. The number of piperazine rings is 1. The number of aromatic nitrogens is 2. The second kappa shape index (κ2) is 8.89. The van der Waals surface area contributed by atoms with Gasteiger partial charge in [-0.3, -0.25) is 4.90 Å². The van der Waals surface area contributed by atoms with Gasteiger partial charge in [0.15, 0.2) is 0 Å². The van der Waals surface area contributed by atoms with Gasteiger partial charge < -0.3 is 9.47 Å². The smallest absolute Gasteiger partial charge is 0.140 e. The number of unbranched alkanes of at least 4 members (excludes halogenated alkanes) is 1. The van der Waals surface area contributed by atoms with Crippen LogP contribution in [0.2, 0.25) is 0 Å². The lowest BCUT2D eigenvalue weighted by Crippen LogP contribution is -2.46. The van der Waals surface area contributed by atoms with Crippen LogP contribution in [0.4, 0.5) is 0 Å². The van der Waals surface area contributed by atoms with Gasteiger partial charge in [-0.2, -0.15) is 0 Å². The number of fused-ring (bicyclic) bond motifs is 1. The van der Waals surface area contributed by atoms with Gasteiger partial charge in [0.2, 0.25) is 0 Å². The standard InChI is InChI=1S/C24H32N4/c1-3-5-13-26-14-16-27(17-15-26)18-21-19-28(4-2)24(25-21)23-12-8-10-20-9-6-7-11-22(20)23/h6-12,19H,3-5,13-18H2,1-2H3. The van der Waals surface area contributed by atoms with E-state index in [9.17, 15) is 0 Å². The van der Waals surface area contributed by atoms with E-state index in [1.807, 2.05) is 0 Å². The van der Waals surface area contributed by atoms with Gasteiger partial charge in [0, 0.05) is 51.0 Å². The molecule has 0 unspecified atom stereocenters. The van der Waals surface area contributed by atoms with Crippen molar-refractivity contribution in [3.63, 3.8) is 0 Å². The van der Waals surface area contributed by atoms with Crippen molar-refractivity contribution in [2.24, 2.45) is 0 Å². The summed E-state index contributed by atoms with van der Waals surface area (Å²) >= 11 is 0. The number of imidazole rings is 1. The molecule has 0 atom stereocenters. The Kier molecular flexibility index (Phi) is 6.08. The minimum atomic E-state index is 0.941. The highest BCUT2D eigenvalue weighted by molar-refractivity contribution is 5.95. The second-order valence-corrected chi connectivity index (χ2v) is 7.84. The van der Waals surface area contributed by atoms with Crippen molar-refractivity contribution in [1.82, 2.24) is 19.4 Å². The minimum absolute atomic E-state index is 0.941. The van der Waals surface area contributed by atoms with Crippen LogP contribution in [0.1, 0.15) is 32.4 Å².